The summed E-state index contributed by atoms with van der Waals surface area (Å²) in [5.41, 5.74) is 4.23. The van der Waals surface area contributed by atoms with E-state index in [2.05, 4.69) is 32.2 Å². The minimum Gasteiger partial charge on any atom is -0.349 e. The molecule has 0 aliphatic carbocycles. The maximum Gasteiger partial charge on any atom is 0.251 e. The highest BCUT2D eigenvalue weighted by Crippen LogP contribution is 2.15. The molecule has 0 aliphatic rings. The zero-order chi connectivity index (χ0) is 13.2. The van der Waals surface area contributed by atoms with Crippen molar-refractivity contribution in [1.29, 1.82) is 0 Å². The van der Waals surface area contributed by atoms with E-state index < -0.39 is 0 Å². The number of rotatable bonds is 3. The van der Waals surface area contributed by atoms with Crippen LogP contribution in [0, 0.1) is 26.7 Å². The van der Waals surface area contributed by atoms with Gasteiger partial charge in [0.2, 0.25) is 0 Å². The van der Waals surface area contributed by atoms with Crippen LogP contribution in [0.15, 0.2) is 12.1 Å². The lowest BCUT2D eigenvalue weighted by Gasteiger charge is -2.18. The SMILES string of the molecule is Cc1cc(C)c(C(=O)N[C@H](C)C(C)C)cc1C. The summed E-state index contributed by atoms with van der Waals surface area (Å²) in [4.78, 5) is 12.1. The van der Waals surface area contributed by atoms with Crippen LogP contribution in [0.5, 0.6) is 0 Å². The molecule has 0 aromatic heterocycles. The van der Waals surface area contributed by atoms with E-state index in [1.165, 1.54) is 5.56 Å². The van der Waals surface area contributed by atoms with Crippen LogP contribution < -0.4 is 5.32 Å². The first-order chi connectivity index (χ1) is 7.82. The van der Waals surface area contributed by atoms with Gasteiger partial charge in [0.1, 0.15) is 0 Å². The van der Waals surface area contributed by atoms with Crippen molar-refractivity contribution < 1.29 is 4.79 Å². The Morgan fingerprint density at radius 2 is 1.53 bits per heavy atom. The summed E-state index contributed by atoms with van der Waals surface area (Å²) in [6.45, 7) is 12.4. The van der Waals surface area contributed by atoms with Gasteiger partial charge in [-0.05, 0) is 56.4 Å². The van der Waals surface area contributed by atoms with E-state index >= 15 is 0 Å². The largest absolute Gasteiger partial charge is 0.349 e. The summed E-state index contributed by atoms with van der Waals surface area (Å²) < 4.78 is 0. The molecular formula is C15H23NO. The van der Waals surface area contributed by atoms with Crippen molar-refractivity contribution in [2.24, 2.45) is 5.92 Å². The first kappa shape index (κ1) is 13.8. The van der Waals surface area contributed by atoms with Gasteiger partial charge < -0.3 is 5.32 Å². The summed E-state index contributed by atoms with van der Waals surface area (Å²) in [6, 6.07) is 4.25. The molecule has 94 valence electrons. The Morgan fingerprint density at radius 1 is 1.00 bits per heavy atom. The molecule has 1 aromatic rings. The van der Waals surface area contributed by atoms with Crippen molar-refractivity contribution in [1.82, 2.24) is 5.32 Å². The Balaban J connectivity index is 2.93. The molecule has 0 radical (unpaired) electrons. The molecule has 0 fully saturated rings. The maximum absolute atomic E-state index is 12.1. The first-order valence-corrected chi connectivity index (χ1v) is 6.21. The molecule has 2 heteroatoms. The molecule has 2 nitrogen and oxygen atoms in total. The predicted octanol–water partition coefficient (Wildman–Crippen LogP) is 3.39. The van der Waals surface area contributed by atoms with Crippen molar-refractivity contribution in [3.63, 3.8) is 0 Å². The van der Waals surface area contributed by atoms with Gasteiger partial charge >= 0.3 is 0 Å². The lowest BCUT2D eigenvalue weighted by Crippen LogP contribution is -2.36. The number of carbonyl (C=O) groups is 1. The van der Waals surface area contributed by atoms with Crippen LogP contribution in [0.1, 0.15) is 47.8 Å². The number of hydrogen-bond acceptors (Lipinski definition) is 1. The molecule has 17 heavy (non-hydrogen) atoms. The molecule has 0 saturated carbocycles. The molecule has 0 aliphatic heterocycles. The van der Waals surface area contributed by atoms with Gasteiger partial charge in [0, 0.05) is 11.6 Å². The molecule has 1 atom stereocenters. The van der Waals surface area contributed by atoms with E-state index in [4.69, 9.17) is 0 Å². The number of benzene rings is 1. The average molecular weight is 233 g/mol. The lowest BCUT2D eigenvalue weighted by atomic mass is 9.99. The highest BCUT2D eigenvalue weighted by atomic mass is 16.1. The Labute approximate surface area is 104 Å². The summed E-state index contributed by atoms with van der Waals surface area (Å²) in [5.74, 6) is 0.484. The van der Waals surface area contributed by atoms with Gasteiger partial charge in [0.25, 0.3) is 5.91 Å². The topological polar surface area (TPSA) is 29.1 Å². The van der Waals surface area contributed by atoms with E-state index in [-0.39, 0.29) is 11.9 Å². The first-order valence-electron chi connectivity index (χ1n) is 6.21. The fourth-order valence-electron chi connectivity index (χ4n) is 1.66. The molecule has 0 spiro atoms. The standard InChI is InChI=1S/C15H23NO/c1-9(2)13(6)16-15(17)14-8-11(4)10(3)7-12(14)5/h7-9,13H,1-6H3,(H,16,17)/t13-/m1/s1. The Bertz CT molecular complexity index is 421. The summed E-state index contributed by atoms with van der Waals surface area (Å²) in [5, 5.41) is 3.04. The van der Waals surface area contributed by atoms with Crippen LogP contribution in [-0.2, 0) is 0 Å². The third-order valence-electron chi connectivity index (χ3n) is 3.44. The second kappa shape index (κ2) is 5.35. The Kier molecular flexibility index (Phi) is 4.33. The quantitative estimate of drug-likeness (QED) is 0.852. The van der Waals surface area contributed by atoms with Crippen LogP contribution in [0.3, 0.4) is 0 Å². The van der Waals surface area contributed by atoms with Gasteiger partial charge in [-0.15, -0.1) is 0 Å². The van der Waals surface area contributed by atoms with E-state index in [1.54, 1.807) is 0 Å². The second-order valence-corrected chi connectivity index (χ2v) is 5.26. The zero-order valence-corrected chi connectivity index (χ0v) is 11.7. The molecule has 0 saturated heterocycles. The van der Waals surface area contributed by atoms with Crippen molar-refractivity contribution >= 4 is 5.91 Å². The smallest absolute Gasteiger partial charge is 0.251 e. The van der Waals surface area contributed by atoms with Gasteiger partial charge in [-0.25, -0.2) is 0 Å². The molecule has 1 N–H and O–H groups in total. The van der Waals surface area contributed by atoms with Gasteiger partial charge in [-0.2, -0.15) is 0 Å². The highest BCUT2D eigenvalue weighted by molar-refractivity contribution is 5.96. The highest BCUT2D eigenvalue weighted by Gasteiger charge is 2.14. The van der Waals surface area contributed by atoms with Crippen LogP contribution in [0.2, 0.25) is 0 Å². The minimum absolute atomic E-state index is 0.0341. The minimum atomic E-state index is 0.0341. The van der Waals surface area contributed by atoms with Gasteiger partial charge in [0.15, 0.2) is 0 Å². The summed E-state index contributed by atoms with van der Waals surface area (Å²) in [6.07, 6.45) is 0. The lowest BCUT2D eigenvalue weighted by molar-refractivity contribution is 0.0930. The number of aryl methyl sites for hydroxylation is 3. The van der Waals surface area contributed by atoms with Gasteiger partial charge in [-0.3, -0.25) is 4.79 Å². The van der Waals surface area contributed by atoms with Crippen molar-refractivity contribution in [2.45, 2.75) is 47.6 Å². The molecule has 1 amide bonds. The van der Waals surface area contributed by atoms with Crippen LogP contribution >= 0.6 is 0 Å². The Morgan fingerprint density at radius 3 is 2.06 bits per heavy atom. The average Bonchev–Trinajstić information content (AvgIpc) is 2.22. The van der Waals surface area contributed by atoms with E-state index in [0.717, 1.165) is 16.7 Å². The fraction of sp³-hybridized carbons (Fsp3) is 0.533. The molecule has 0 bridgehead atoms. The maximum atomic E-state index is 12.1. The van der Waals surface area contributed by atoms with Crippen LogP contribution in [0.4, 0.5) is 0 Å². The third kappa shape index (κ3) is 3.32. The van der Waals surface area contributed by atoms with E-state index in [1.807, 2.05) is 26.8 Å². The monoisotopic (exact) mass is 233 g/mol. The van der Waals surface area contributed by atoms with E-state index in [9.17, 15) is 4.79 Å². The Hall–Kier alpha value is -1.31. The van der Waals surface area contributed by atoms with Crippen LogP contribution in [-0.4, -0.2) is 11.9 Å². The fourth-order valence-corrected chi connectivity index (χ4v) is 1.66. The van der Waals surface area contributed by atoms with Crippen molar-refractivity contribution in [2.75, 3.05) is 0 Å². The normalized spacial score (nSPS) is 12.6. The van der Waals surface area contributed by atoms with E-state index in [0.29, 0.717) is 5.92 Å². The molecule has 1 aromatic carbocycles. The number of amides is 1. The molecule has 0 unspecified atom stereocenters. The third-order valence-corrected chi connectivity index (χ3v) is 3.44. The number of hydrogen-bond donors (Lipinski definition) is 1. The molecule has 0 heterocycles. The molecule has 1 rings (SSSR count). The summed E-state index contributed by atoms with van der Waals surface area (Å²) in [7, 11) is 0. The van der Waals surface area contributed by atoms with Crippen molar-refractivity contribution in [3.8, 4) is 0 Å². The zero-order valence-electron chi connectivity index (χ0n) is 11.7. The van der Waals surface area contributed by atoms with Gasteiger partial charge in [0.05, 0.1) is 0 Å². The predicted molar refractivity (Wildman–Crippen MR) is 72.4 cm³/mol. The van der Waals surface area contributed by atoms with Crippen molar-refractivity contribution in [3.05, 3.63) is 34.4 Å². The summed E-state index contributed by atoms with van der Waals surface area (Å²) >= 11 is 0. The molecular weight excluding hydrogens is 210 g/mol. The number of nitrogens with one attached hydrogen (secondary N) is 1. The second-order valence-electron chi connectivity index (χ2n) is 5.26. The van der Waals surface area contributed by atoms with Crippen LogP contribution in [0.25, 0.3) is 0 Å². The number of carbonyl (C=O) groups excluding carboxylic acids is 1. The van der Waals surface area contributed by atoms with Gasteiger partial charge in [-0.1, -0.05) is 19.9 Å².